The van der Waals surface area contributed by atoms with Gasteiger partial charge in [0.15, 0.2) is 0 Å². The van der Waals surface area contributed by atoms with E-state index >= 15 is 0 Å². The molecule has 2 aromatic rings. The molecule has 0 saturated heterocycles. The summed E-state index contributed by atoms with van der Waals surface area (Å²) in [6.07, 6.45) is 9.49. The summed E-state index contributed by atoms with van der Waals surface area (Å²) in [5.41, 5.74) is 7.59. The van der Waals surface area contributed by atoms with Crippen molar-refractivity contribution >= 4 is 11.6 Å². The second-order valence-corrected chi connectivity index (χ2v) is 6.36. The lowest BCUT2D eigenvalue weighted by molar-refractivity contribution is -0.118. The molecule has 6 heteroatoms. The summed E-state index contributed by atoms with van der Waals surface area (Å²) in [4.78, 5) is 13.9. The zero-order valence-corrected chi connectivity index (χ0v) is 13.2. The number of carbonyl (C=O) groups excluding carboxylic acids is 1. The Morgan fingerprint density at radius 1 is 1.13 bits per heavy atom. The average molecular weight is 313 g/mol. The molecule has 6 nitrogen and oxygen atoms in total. The van der Waals surface area contributed by atoms with E-state index in [2.05, 4.69) is 15.5 Å². The minimum Gasteiger partial charge on any atom is -0.330 e. The minimum absolute atomic E-state index is 0.0126. The van der Waals surface area contributed by atoms with Crippen molar-refractivity contribution in [2.45, 2.75) is 38.5 Å². The SMILES string of the molecule is NCC1(CC(=O)Nc2ccc(-n3nccn3)cc2)CCCCC1. The molecule has 0 atom stereocenters. The highest BCUT2D eigenvalue weighted by molar-refractivity contribution is 5.91. The van der Waals surface area contributed by atoms with Gasteiger partial charge >= 0.3 is 0 Å². The van der Waals surface area contributed by atoms with E-state index in [9.17, 15) is 4.79 Å². The predicted molar refractivity (Wildman–Crippen MR) is 89.2 cm³/mol. The van der Waals surface area contributed by atoms with Gasteiger partial charge in [0.25, 0.3) is 0 Å². The first-order valence-electron chi connectivity index (χ1n) is 8.17. The number of hydrogen-bond donors (Lipinski definition) is 2. The highest BCUT2D eigenvalue weighted by Gasteiger charge is 2.32. The van der Waals surface area contributed by atoms with E-state index in [4.69, 9.17) is 5.73 Å². The molecule has 1 aliphatic rings. The van der Waals surface area contributed by atoms with E-state index in [0.29, 0.717) is 13.0 Å². The van der Waals surface area contributed by atoms with E-state index in [-0.39, 0.29) is 11.3 Å². The summed E-state index contributed by atoms with van der Waals surface area (Å²) < 4.78 is 0. The number of nitrogens with one attached hydrogen (secondary N) is 1. The van der Waals surface area contributed by atoms with Crippen molar-refractivity contribution in [1.82, 2.24) is 15.0 Å². The molecule has 1 amide bonds. The molecule has 1 fully saturated rings. The Kier molecular flexibility index (Phi) is 4.71. The van der Waals surface area contributed by atoms with Crippen molar-refractivity contribution in [3.63, 3.8) is 0 Å². The van der Waals surface area contributed by atoms with E-state index in [1.807, 2.05) is 24.3 Å². The maximum Gasteiger partial charge on any atom is 0.224 e. The van der Waals surface area contributed by atoms with Gasteiger partial charge in [-0.1, -0.05) is 19.3 Å². The zero-order chi connectivity index (χ0) is 16.1. The van der Waals surface area contributed by atoms with Gasteiger partial charge in [-0.25, -0.2) is 0 Å². The molecule has 0 spiro atoms. The van der Waals surface area contributed by atoms with Crippen LogP contribution in [0.25, 0.3) is 5.69 Å². The van der Waals surface area contributed by atoms with Crippen LogP contribution in [0.2, 0.25) is 0 Å². The van der Waals surface area contributed by atoms with Gasteiger partial charge < -0.3 is 11.1 Å². The molecule has 23 heavy (non-hydrogen) atoms. The van der Waals surface area contributed by atoms with Crippen LogP contribution >= 0.6 is 0 Å². The fraction of sp³-hybridized carbons (Fsp3) is 0.471. The van der Waals surface area contributed by atoms with Gasteiger partial charge in [0.2, 0.25) is 5.91 Å². The molecule has 3 rings (SSSR count). The van der Waals surface area contributed by atoms with E-state index in [1.54, 1.807) is 12.4 Å². The Bertz CT molecular complexity index is 630. The molecule has 122 valence electrons. The maximum atomic E-state index is 12.4. The third kappa shape index (κ3) is 3.76. The molecular formula is C17H23N5O. The highest BCUT2D eigenvalue weighted by atomic mass is 16.1. The van der Waals surface area contributed by atoms with E-state index in [0.717, 1.165) is 24.2 Å². The molecule has 1 aromatic heterocycles. The first-order valence-corrected chi connectivity index (χ1v) is 8.17. The number of nitrogens with zero attached hydrogens (tertiary/aromatic N) is 3. The highest BCUT2D eigenvalue weighted by Crippen LogP contribution is 2.38. The summed E-state index contributed by atoms with van der Waals surface area (Å²) in [5.74, 6) is 0.0438. The standard InChI is InChI=1S/C17H23N5O/c18-13-17(8-2-1-3-9-17)12-16(23)21-14-4-6-15(7-5-14)22-19-10-11-20-22/h4-7,10-11H,1-3,8-9,12-13,18H2,(H,21,23). The number of aromatic nitrogens is 3. The third-order valence-electron chi connectivity index (χ3n) is 4.68. The molecule has 3 N–H and O–H groups in total. The Morgan fingerprint density at radius 3 is 2.39 bits per heavy atom. The fourth-order valence-electron chi connectivity index (χ4n) is 3.33. The molecule has 0 unspecified atom stereocenters. The van der Waals surface area contributed by atoms with Gasteiger partial charge in [0.1, 0.15) is 0 Å². The summed E-state index contributed by atoms with van der Waals surface area (Å²) in [7, 11) is 0. The van der Waals surface area contributed by atoms with Gasteiger partial charge in [-0.2, -0.15) is 15.0 Å². The average Bonchev–Trinajstić information content (AvgIpc) is 3.11. The molecule has 1 aromatic carbocycles. The lowest BCUT2D eigenvalue weighted by atomic mass is 9.71. The maximum absolute atomic E-state index is 12.4. The Balaban J connectivity index is 1.61. The van der Waals surface area contributed by atoms with Gasteiger partial charge in [-0.05, 0) is 49.1 Å². The molecule has 0 radical (unpaired) electrons. The van der Waals surface area contributed by atoms with Crippen molar-refractivity contribution in [1.29, 1.82) is 0 Å². The third-order valence-corrected chi connectivity index (χ3v) is 4.68. The number of carbonyl (C=O) groups is 1. The Morgan fingerprint density at radius 2 is 1.78 bits per heavy atom. The van der Waals surface area contributed by atoms with Crippen LogP contribution in [0.3, 0.4) is 0 Å². The van der Waals surface area contributed by atoms with Crippen LogP contribution in [-0.2, 0) is 4.79 Å². The second-order valence-electron chi connectivity index (χ2n) is 6.36. The monoisotopic (exact) mass is 313 g/mol. The summed E-state index contributed by atoms with van der Waals surface area (Å²) >= 11 is 0. The van der Waals surface area contributed by atoms with Gasteiger partial charge in [0.05, 0.1) is 18.1 Å². The van der Waals surface area contributed by atoms with Crippen LogP contribution in [0.4, 0.5) is 5.69 Å². The first-order chi connectivity index (χ1) is 11.2. The topological polar surface area (TPSA) is 85.8 Å². The number of hydrogen-bond acceptors (Lipinski definition) is 4. The first kappa shape index (κ1) is 15.7. The van der Waals surface area contributed by atoms with Gasteiger partial charge in [-0.15, -0.1) is 0 Å². The number of benzene rings is 1. The largest absolute Gasteiger partial charge is 0.330 e. The van der Waals surface area contributed by atoms with Crippen LogP contribution in [0.1, 0.15) is 38.5 Å². The summed E-state index contributed by atoms with van der Waals surface area (Å²) in [6.45, 7) is 0.588. The smallest absolute Gasteiger partial charge is 0.224 e. The van der Waals surface area contributed by atoms with E-state index in [1.165, 1.54) is 24.1 Å². The van der Waals surface area contributed by atoms with Crippen LogP contribution in [0.5, 0.6) is 0 Å². The molecule has 0 bridgehead atoms. The summed E-state index contributed by atoms with van der Waals surface area (Å²) in [6, 6.07) is 7.50. The normalized spacial score (nSPS) is 16.9. The van der Waals surface area contributed by atoms with Crippen molar-refractivity contribution in [2.24, 2.45) is 11.1 Å². The molecule has 0 aliphatic heterocycles. The zero-order valence-electron chi connectivity index (χ0n) is 13.2. The Hall–Kier alpha value is -2.21. The summed E-state index contributed by atoms with van der Waals surface area (Å²) in [5, 5.41) is 11.1. The minimum atomic E-state index is -0.0126. The molecule has 1 heterocycles. The number of anilines is 1. The lowest BCUT2D eigenvalue weighted by Crippen LogP contribution is -2.36. The van der Waals surface area contributed by atoms with Crippen molar-refractivity contribution in [3.05, 3.63) is 36.7 Å². The number of nitrogens with two attached hydrogens (primary N) is 1. The van der Waals surface area contributed by atoms with Gasteiger partial charge in [-0.3, -0.25) is 4.79 Å². The van der Waals surface area contributed by atoms with Crippen molar-refractivity contribution < 1.29 is 4.79 Å². The van der Waals surface area contributed by atoms with Crippen LogP contribution in [0.15, 0.2) is 36.7 Å². The molecule has 1 aliphatic carbocycles. The van der Waals surface area contributed by atoms with Crippen molar-refractivity contribution in [3.8, 4) is 5.69 Å². The lowest BCUT2D eigenvalue weighted by Gasteiger charge is -2.35. The van der Waals surface area contributed by atoms with Crippen LogP contribution < -0.4 is 11.1 Å². The quantitative estimate of drug-likeness (QED) is 0.888. The predicted octanol–water partition coefficient (Wildman–Crippen LogP) is 2.51. The number of amides is 1. The van der Waals surface area contributed by atoms with E-state index < -0.39 is 0 Å². The van der Waals surface area contributed by atoms with Crippen molar-refractivity contribution in [2.75, 3.05) is 11.9 Å². The number of rotatable bonds is 5. The molecule has 1 saturated carbocycles. The second kappa shape index (κ2) is 6.91. The molecular weight excluding hydrogens is 290 g/mol. The van der Waals surface area contributed by atoms with Crippen LogP contribution in [-0.4, -0.2) is 27.4 Å². The Labute approximate surface area is 136 Å². The van der Waals surface area contributed by atoms with Gasteiger partial charge in [0, 0.05) is 12.1 Å². The van der Waals surface area contributed by atoms with Crippen LogP contribution in [0, 0.1) is 5.41 Å². The fourth-order valence-corrected chi connectivity index (χ4v) is 3.33.